The lowest BCUT2D eigenvalue weighted by molar-refractivity contribution is -0.122. The first kappa shape index (κ1) is 18.9. The fraction of sp³-hybridized carbons (Fsp3) is 0.450. The molecule has 0 unspecified atom stereocenters. The van der Waals surface area contributed by atoms with Crippen molar-refractivity contribution in [2.75, 3.05) is 12.3 Å². The minimum atomic E-state index is -0.216. The number of aromatic nitrogens is 2. The van der Waals surface area contributed by atoms with Gasteiger partial charge in [0.15, 0.2) is 0 Å². The van der Waals surface area contributed by atoms with E-state index in [4.69, 9.17) is 11.5 Å². The van der Waals surface area contributed by atoms with Crippen molar-refractivity contribution in [1.29, 1.82) is 0 Å². The second kappa shape index (κ2) is 8.24. The lowest BCUT2D eigenvalue weighted by Crippen LogP contribution is -2.34. The number of hydrogen-bond donors (Lipinski definition) is 3. The van der Waals surface area contributed by atoms with Crippen LogP contribution in [-0.2, 0) is 11.3 Å². The van der Waals surface area contributed by atoms with E-state index in [1.54, 1.807) is 11.6 Å². The Labute approximate surface area is 159 Å². The second-order valence-corrected chi connectivity index (χ2v) is 7.32. The Hall–Kier alpha value is -2.83. The Morgan fingerprint density at radius 3 is 2.48 bits per heavy atom. The summed E-state index contributed by atoms with van der Waals surface area (Å²) in [7, 11) is 0. The Morgan fingerprint density at radius 1 is 1.19 bits per heavy atom. The number of benzene rings is 1. The number of nitrogens with zero attached hydrogens (tertiary/aromatic N) is 2. The van der Waals surface area contributed by atoms with Crippen molar-refractivity contribution in [1.82, 2.24) is 15.1 Å². The minimum absolute atomic E-state index is 0.0222. The summed E-state index contributed by atoms with van der Waals surface area (Å²) in [6.45, 7) is 2.90. The van der Waals surface area contributed by atoms with Gasteiger partial charge < -0.3 is 16.8 Å². The third-order valence-electron chi connectivity index (χ3n) is 5.37. The average molecular weight is 369 g/mol. The molecule has 7 heteroatoms. The molecule has 0 spiro atoms. The fourth-order valence-corrected chi connectivity index (χ4v) is 3.73. The van der Waals surface area contributed by atoms with Gasteiger partial charge in [0.2, 0.25) is 5.91 Å². The van der Waals surface area contributed by atoms with E-state index >= 15 is 0 Å². The summed E-state index contributed by atoms with van der Waals surface area (Å²) in [6.07, 6.45) is 3.39. The highest BCUT2D eigenvalue weighted by atomic mass is 16.2. The number of amides is 2. The van der Waals surface area contributed by atoms with Gasteiger partial charge in [-0.05, 0) is 44.1 Å². The number of aryl methyl sites for hydroxylation is 1. The molecule has 7 nitrogen and oxygen atoms in total. The third kappa shape index (κ3) is 4.48. The van der Waals surface area contributed by atoms with Crippen LogP contribution in [0.15, 0.2) is 30.3 Å². The summed E-state index contributed by atoms with van der Waals surface area (Å²) >= 11 is 0. The van der Waals surface area contributed by atoms with Gasteiger partial charge in [-0.3, -0.25) is 9.59 Å². The molecule has 0 bridgehead atoms. The summed E-state index contributed by atoms with van der Waals surface area (Å²) in [4.78, 5) is 23.9. The van der Waals surface area contributed by atoms with Crippen molar-refractivity contribution in [3.05, 3.63) is 47.2 Å². The van der Waals surface area contributed by atoms with Crippen molar-refractivity contribution in [2.24, 2.45) is 17.6 Å². The fourth-order valence-electron chi connectivity index (χ4n) is 3.73. The normalized spacial score (nSPS) is 19.6. The molecule has 144 valence electrons. The Bertz CT molecular complexity index is 807. The molecule has 1 aliphatic rings. The van der Waals surface area contributed by atoms with Crippen LogP contribution in [0.1, 0.15) is 47.3 Å². The van der Waals surface area contributed by atoms with E-state index < -0.39 is 0 Å². The van der Waals surface area contributed by atoms with Gasteiger partial charge in [0, 0.05) is 12.5 Å². The smallest absolute Gasteiger partial charge is 0.256 e. The Kier molecular flexibility index (Phi) is 5.78. The maximum absolute atomic E-state index is 12.6. The highest BCUT2D eigenvalue weighted by Crippen LogP contribution is 2.28. The Morgan fingerprint density at radius 2 is 1.85 bits per heavy atom. The molecule has 1 aromatic carbocycles. The van der Waals surface area contributed by atoms with Crippen LogP contribution in [0.5, 0.6) is 0 Å². The maximum Gasteiger partial charge on any atom is 0.256 e. The van der Waals surface area contributed by atoms with Crippen LogP contribution in [-0.4, -0.2) is 28.1 Å². The Balaban J connectivity index is 1.59. The second-order valence-electron chi connectivity index (χ2n) is 7.32. The van der Waals surface area contributed by atoms with Crippen molar-refractivity contribution in [3.63, 3.8) is 0 Å². The van der Waals surface area contributed by atoms with Gasteiger partial charge in [-0.15, -0.1) is 0 Å². The number of nitrogen functional groups attached to an aromatic ring is 1. The number of hydrogen-bond acceptors (Lipinski definition) is 4. The molecule has 27 heavy (non-hydrogen) atoms. The summed E-state index contributed by atoms with van der Waals surface area (Å²) in [6, 6.07) is 9.87. The minimum Gasteiger partial charge on any atom is -0.383 e. The molecule has 0 saturated heterocycles. The summed E-state index contributed by atoms with van der Waals surface area (Å²) < 4.78 is 1.66. The van der Waals surface area contributed by atoms with Gasteiger partial charge in [0.1, 0.15) is 11.4 Å². The first-order valence-corrected chi connectivity index (χ1v) is 9.40. The maximum atomic E-state index is 12.6. The van der Waals surface area contributed by atoms with Gasteiger partial charge in [0.25, 0.3) is 5.91 Å². The monoisotopic (exact) mass is 369 g/mol. The molecule has 1 aliphatic carbocycles. The van der Waals surface area contributed by atoms with Crippen LogP contribution in [0.4, 0.5) is 5.82 Å². The zero-order chi connectivity index (χ0) is 19.4. The summed E-state index contributed by atoms with van der Waals surface area (Å²) in [5.74, 6) is 0.316. The molecule has 0 aliphatic heterocycles. The number of carbonyl (C=O) groups excluding carboxylic acids is 2. The largest absolute Gasteiger partial charge is 0.383 e. The number of nitrogens with two attached hydrogens (primary N) is 2. The number of primary amides is 1. The SMILES string of the molecule is Cc1nn(Cc2ccccc2)c(N)c1C(=O)NCC1CCC(C(N)=O)CC1. The summed E-state index contributed by atoms with van der Waals surface area (Å²) in [5.41, 5.74) is 13.7. The van der Waals surface area contributed by atoms with Gasteiger partial charge in [-0.25, -0.2) is 4.68 Å². The van der Waals surface area contributed by atoms with Crippen molar-refractivity contribution in [2.45, 2.75) is 39.2 Å². The van der Waals surface area contributed by atoms with E-state index in [2.05, 4.69) is 10.4 Å². The van der Waals surface area contributed by atoms with E-state index in [0.29, 0.717) is 36.1 Å². The predicted molar refractivity (Wildman–Crippen MR) is 104 cm³/mol. The number of rotatable bonds is 6. The van der Waals surface area contributed by atoms with E-state index in [-0.39, 0.29) is 17.7 Å². The third-order valence-corrected chi connectivity index (χ3v) is 5.37. The molecule has 1 saturated carbocycles. The topological polar surface area (TPSA) is 116 Å². The van der Waals surface area contributed by atoms with Gasteiger partial charge in [0.05, 0.1) is 12.2 Å². The van der Waals surface area contributed by atoms with Crippen LogP contribution < -0.4 is 16.8 Å². The van der Waals surface area contributed by atoms with Gasteiger partial charge >= 0.3 is 0 Å². The van der Waals surface area contributed by atoms with Crippen molar-refractivity contribution >= 4 is 17.6 Å². The summed E-state index contributed by atoms with van der Waals surface area (Å²) in [5, 5.41) is 7.41. The molecule has 1 fully saturated rings. The van der Waals surface area contributed by atoms with E-state index in [1.807, 2.05) is 30.3 Å². The molecule has 0 radical (unpaired) electrons. The van der Waals surface area contributed by atoms with Crippen LogP contribution in [0, 0.1) is 18.8 Å². The highest BCUT2D eigenvalue weighted by molar-refractivity contribution is 5.99. The van der Waals surface area contributed by atoms with Crippen LogP contribution in [0.25, 0.3) is 0 Å². The highest BCUT2D eigenvalue weighted by Gasteiger charge is 2.26. The average Bonchev–Trinajstić information content (AvgIpc) is 2.94. The quantitative estimate of drug-likeness (QED) is 0.720. The molecular weight excluding hydrogens is 342 g/mol. The number of nitrogens with one attached hydrogen (secondary N) is 1. The molecule has 3 rings (SSSR count). The first-order chi connectivity index (χ1) is 13.0. The number of carbonyl (C=O) groups is 2. The zero-order valence-electron chi connectivity index (χ0n) is 15.6. The van der Waals surface area contributed by atoms with Gasteiger partial charge in [-0.1, -0.05) is 30.3 Å². The van der Waals surface area contributed by atoms with E-state index in [0.717, 1.165) is 31.2 Å². The molecular formula is C20H27N5O2. The molecule has 1 heterocycles. The van der Waals surface area contributed by atoms with Crippen LogP contribution >= 0.6 is 0 Å². The predicted octanol–water partition coefficient (Wildman–Crippen LogP) is 1.84. The first-order valence-electron chi connectivity index (χ1n) is 9.40. The van der Waals surface area contributed by atoms with Gasteiger partial charge in [-0.2, -0.15) is 5.10 Å². The van der Waals surface area contributed by atoms with Crippen molar-refractivity contribution < 1.29 is 9.59 Å². The van der Waals surface area contributed by atoms with Crippen LogP contribution in [0.3, 0.4) is 0 Å². The lowest BCUT2D eigenvalue weighted by Gasteiger charge is -2.26. The molecule has 1 aromatic heterocycles. The standard InChI is InChI=1S/C20H27N5O2/c1-13-17(18(21)25(24-13)12-15-5-3-2-4-6-15)20(27)23-11-14-7-9-16(10-8-14)19(22)26/h2-6,14,16H,7-12,21H2,1H3,(H2,22,26)(H,23,27). The van der Waals surface area contributed by atoms with Crippen LogP contribution in [0.2, 0.25) is 0 Å². The zero-order valence-corrected chi connectivity index (χ0v) is 15.6. The van der Waals surface area contributed by atoms with E-state index in [1.165, 1.54) is 0 Å². The lowest BCUT2D eigenvalue weighted by atomic mass is 9.81. The molecule has 2 aromatic rings. The van der Waals surface area contributed by atoms with E-state index in [9.17, 15) is 9.59 Å². The molecule has 0 atom stereocenters. The molecule has 2 amide bonds. The molecule has 5 N–H and O–H groups in total. The van der Waals surface area contributed by atoms with Crippen molar-refractivity contribution in [3.8, 4) is 0 Å². The number of anilines is 1.